The molecule has 2 aliphatic rings. The maximum absolute atomic E-state index is 11.7. The fourth-order valence-corrected chi connectivity index (χ4v) is 3.02. The van der Waals surface area contributed by atoms with Gasteiger partial charge >= 0.3 is 0 Å². The lowest BCUT2D eigenvalue weighted by Gasteiger charge is -2.08. The van der Waals surface area contributed by atoms with E-state index in [2.05, 4.69) is 20.0 Å². The van der Waals surface area contributed by atoms with Crippen molar-refractivity contribution in [3.8, 4) is 5.75 Å². The lowest BCUT2D eigenvalue weighted by molar-refractivity contribution is -0.123. The molecule has 7 heteroatoms. The number of rotatable bonds is 8. The van der Waals surface area contributed by atoms with Crippen molar-refractivity contribution in [2.75, 3.05) is 11.9 Å². The number of carbonyl (C=O) groups is 1. The van der Waals surface area contributed by atoms with Crippen LogP contribution in [0.4, 0.5) is 5.13 Å². The second-order valence-corrected chi connectivity index (χ2v) is 7.12. The van der Waals surface area contributed by atoms with E-state index in [1.54, 1.807) is 0 Å². The number of aromatic nitrogens is 2. The summed E-state index contributed by atoms with van der Waals surface area (Å²) in [5.74, 6) is 2.20. The molecule has 0 radical (unpaired) electrons. The Hall–Kier alpha value is -2.15. The van der Waals surface area contributed by atoms with Crippen molar-refractivity contribution in [2.45, 2.75) is 44.2 Å². The van der Waals surface area contributed by atoms with Gasteiger partial charge in [0.25, 0.3) is 5.91 Å². The Labute approximate surface area is 144 Å². The first-order valence-electron chi connectivity index (χ1n) is 8.35. The van der Waals surface area contributed by atoms with Gasteiger partial charge in [0.05, 0.1) is 0 Å². The molecule has 2 aliphatic carbocycles. The molecule has 0 aliphatic heterocycles. The fourth-order valence-electron chi connectivity index (χ4n) is 2.38. The van der Waals surface area contributed by atoms with E-state index in [9.17, 15) is 4.79 Å². The molecule has 1 heterocycles. The molecule has 1 amide bonds. The minimum atomic E-state index is -0.0532. The maximum Gasteiger partial charge on any atom is 0.258 e. The van der Waals surface area contributed by atoms with E-state index in [1.807, 2.05) is 24.3 Å². The Morgan fingerprint density at radius 3 is 2.96 bits per heavy atom. The SMILES string of the molecule is O=C(COc1cccc(CNc2nc(C3CC3)ns2)c1)NC1CC1. The van der Waals surface area contributed by atoms with Crippen LogP contribution in [0.1, 0.15) is 43.0 Å². The summed E-state index contributed by atoms with van der Waals surface area (Å²) in [5, 5.41) is 7.07. The minimum absolute atomic E-state index is 0.0532. The van der Waals surface area contributed by atoms with Crippen molar-refractivity contribution < 1.29 is 9.53 Å². The van der Waals surface area contributed by atoms with Crippen molar-refractivity contribution in [3.05, 3.63) is 35.7 Å². The second-order valence-electron chi connectivity index (χ2n) is 6.36. The number of anilines is 1. The summed E-state index contributed by atoms with van der Waals surface area (Å²) >= 11 is 1.41. The molecular formula is C17H20N4O2S. The van der Waals surface area contributed by atoms with Gasteiger partial charge in [0.15, 0.2) is 6.61 Å². The molecule has 126 valence electrons. The molecule has 2 fully saturated rings. The van der Waals surface area contributed by atoms with E-state index < -0.39 is 0 Å². The maximum atomic E-state index is 11.7. The Kier molecular flexibility index (Phi) is 4.34. The summed E-state index contributed by atoms with van der Waals surface area (Å²) in [5.41, 5.74) is 1.08. The van der Waals surface area contributed by atoms with Gasteiger partial charge in [-0.25, -0.2) is 4.98 Å². The van der Waals surface area contributed by atoms with Crippen molar-refractivity contribution in [1.29, 1.82) is 0 Å². The number of amides is 1. The highest BCUT2D eigenvalue weighted by Crippen LogP contribution is 2.39. The third kappa shape index (κ3) is 4.23. The predicted octanol–water partition coefficient (Wildman–Crippen LogP) is 2.69. The lowest BCUT2D eigenvalue weighted by atomic mass is 10.2. The summed E-state index contributed by atoms with van der Waals surface area (Å²) < 4.78 is 9.95. The summed E-state index contributed by atoms with van der Waals surface area (Å²) in [6.07, 6.45) is 4.59. The van der Waals surface area contributed by atoms with Crippen LogP contribution in [-0.2, 0) is 11.3 Å². The zero-order valence-corrected chi connectivity index (χ0v) is 14.1. The summed E-state index contributed by atoms with van der Waals surface area (Å²) in [6, 6.07) is 8.13. The van der Waals surface area contributed by atoms with E-state index in [-0.39, 0.29) is 12.5 Å². The number of benzene rings is 1. The molecule has 0 unspecified atom stereocenters. The number of nitrogens with one attached hydrogen (secondary N) is 2. The summed E-state index contributed by atoms with van der Waals surface area (Å²) in [6.45, 7) is 0.722. The molecule has 0 atom stereocenters. The minimum Gasteiger partial charge on any atom is -0.484 e. The van der Waals surface area contributed by atoms with E-state index in [1.165, 1.54) is 24.4 Å². The molecule has 1 aromatic carbocycles. The van der Waals surface area contributed by atoms with E-state index in [0.29, 0.717) is 24.3 Å². The molecule has 4 rings (SSSR count). The zero-order valence-electron chi connectivity index (χ0n) is 13.3. The molecule has 0 bridgehead atoms. The predicted molar refractivity (Wildman–Crippen MR) is 92.3 cm³/mol. The van der Waals surface area contributed by atoms with Crippen LogP contribution in [0, 0.1) is 0 Å². The van der Waals surface area contributed by atoms with Gasteiger partial charge in [-0.05, 0) is 43.4 Å². The number of carbonyl (C=O) groups excluding carboxylic acids is 1. The highest BCUT2D eigenvalue weighted by atomic mass is 32.1. The van der Waals surface area contributed by atoms with Gasteiger partial charge in [-0.1, -0.05) is 12.1 Å². The quantitative estimate of drug-likeness (QED) is 0.770. The van der Waals surface area contributed by atoms with E-state index in [0.717, 1.165) is 29.4 Å². The average molecular weight is 344 g/mol. The molecular weight excluding hydrogens is 324 g/mol. The van der Waals surface area contributed by atoms with Crippen molar-refractivity contribution in [1.82, 2.24) is 14.7 Å². The van der Waals surface area contributed by atoms with Gasteiger partial charge in [0.2, 0.25) is 5.13 Å². The second kappa shape index (κ2) is 6.76. The number of hydrogen-bond acceptors (Lipinski definition) is 6. The van der Waals surface area contributed by atoms with Crippen LogP contribution >= 0.6 is 11.5 Å². The molecule has 24 heavy (non-hydrogen) atoms. The fraction of sp³-hybridized carbons (Fsp3) is 0.471. The van der Waals surface area contributed by atoms with Crippen LogP contribution in [0.3, 0.4) is 0 Å². The normalized spacial score (nSPS) is 16.7. The van der Waals surface area contributed by atoms with Crippen LogP contribution in [0.5, 0.6) is 5.75 Å². The monoisotopic (exact) mass is 344 g/mol. The van der Waals surface area contributed by atoms with Crippen LogP contribution in [0.2, 0.25) is 0 Å². The van der Waals surface area contributed by atoms with E-state index >= 15 is 0 Å². The first-order chi connectivity index (χ1) is 11.8. The van der Waals surface area contributed by atoms with Crippen molar-refractivity contribution in [3.63, 3.8) is 0 Å². The van der Waals surface area contributed by atoms with Gasteiger partial charge in [-0.15, -0.1) is 0 Å². The lowest BCUT2D eigenvalue weighted by Crippen LogP contribution is -2.30. The van der Waals surface area contributed by atoms with Crippen LogP contribution in [0.25, 0.3) is 0 Å². The van der Waals surface area contributed by atoms with Crippen molar-refractivity contribution in [2.24, 2.45) is 0 Å². The largest absolute Gasteiger partial charge is 0.484 e. The van der Waals surface area contributed by atoms with Crippen molar-refractivity contribution >= 4 is 22.6 Å². The third-order valence-electron chi connectivity index (χ3n) is 4.04. The summed E-state index contributed by atoms with van der Waals surface area (Å²) in [7, 11) is 0. The average Bonchev–Trinajstić information content (AvgIpc) is 3.52. The standard InChI is InChI=1S/C17H20N4O2S/c22-15(19-13-6-7-13)10-23-14-3-1-2-11(8-14)9-18-17-20-16(21-24-17)12-4-5-12/h1-3,8,12-13H,4-7,9-10H2,(H,19,22)(H,18,20,21). The van der Waals surface area contributed by atoms with Crippen LogP contribution in [-0.4, -0.2) is 27.9 Å². The Balaban J connectivity index is 1.27. The molecule has 0 saturated heterocycles. The number of hydrogen-bond donors (Lipinski definition) is 2. The third-order valence-corrected chi connectivity index (χ3v) is 4.73. The molecule has 2 N–H and O–H groups in total. The number of ether oxygens (including phenoxy) is 1. The van der Waals surface area contributed by atoms with E-state index in [4.69, 9.17) is 4.74 Å². The van der Waals surface area contributed by atoms with Gasteiger partial charge in [0.1, 0.15) is 11.6 Å². The van der Waals surface area contributed by atoms with Crippen LogP contribution < -0.4 is 15.4 Å². The molecule has 2 saturated carbocycles. The first-order valence-corrected chi connectivity index (χ1v) is 9.12. The molecule has 2 aromatic rings. The van der Waals surface area contributed by atoms with Gasteiger partial charge < -0.3 is 15.4 Å². The first kappa shape index (κ1) is 15.4. The molecule has 6 nitrogen and oxygen atoms in total. The number of nitrogens with zero attached hydrogens (tertiary/aromatic N) is 2. The highest BCUT2D eigenvalue weighted by Gasteiger charge is 2.27. The Morgan fingerprint density at radius 1 is 1.29 bits per heavy atom. The molecule has 0 spiro atoms. The van der Waals surface area contributed by atoms with Gasteiger partial charge in [-0.3, -0.25) is 4.79 Å². The van der Waals surface area contributed by atoms with Crippen LogP contribution in [0.15, 0.2) is 24.3 Å². The Morgan fingerprint density at radius 2 is 2.17 bits per heavy atom. The van der Waals surface area contributed by atoms with Gasteiger partial charge in [-0.2, -0.15) is 4.37 Å². The Bertz CT molecular complexity index is 725. The zero-order chi connectivity index (χ0) is 16.4. The van der Waals surface area contributed by atoms with Gasteiger partial charge in [0, 0.05) is 30.0 Å². The smallest absolute Gasteiger partial charge is 0.258 e. The highest BCUT2D eigenvalue weighted by molar-refractivity contribution is 7.09. The molecule has 1 aromatic heterocycles. The topological polar surface area (TPSA) is 76.1 Å². The summed E-state index contributed by atoms with van der Waals surface area (Å²) in [4.78, 5) is 16.2.